The highest BCUT2D eigenvalue weighted by molar-refractivity contribution is 9.09. The zero-order valence-corrected chi connectivity index (χ0v) is 9.88. The van der Waals surface area contributed by atoms with Gasteiger partial charge in [-0.25, -0.2) is 0 Å². The fourth-order valence-electron chi connectivity index (χ4n) is 1.69. The van der Waals surface area contributed by atoms with Crippen LogP contribution < -0.4 is 4.74 Å². The lowest BCUT2D eigenvalue weighted by Gasteiger charge is -2.13. The number of ether oxygens (including phenoxy) is 1. The molecule has 0 atom stereocenters. The van der Waals surface area contributed by atoms with E-state index in [1.54, 1.807) is 0 Å². The van der Waals surface area contributed by atoms with Gasteiger partial charge in [0.2, 0.25) is 0 Å². The van der Waals surface area contributed by atoms with E-state index in [-0.39, 0.29) is 0 Å². The summed E-state index contributed by atoms with van der Waals surface area (Å²) < 4.78 is 5.46. The summed E-state index contributed by atoms with van der Waals surface area (Å²) in [5.74, 6) is 1.07. The molecule has 0 N–H and O–H groups in total. The number of fused-ring (bicyclic) bond motifs is 1. The summed E-state index contributed by atoms with van der Waals surface area (Å²) in [4.78, 5) is 2.22. The van der Waals surface area contributed by atoms with E-state index in [0.29, 0.717) is 0 Å². The second-order valence-corrected chi connectivity index (χ2v) is 4.18. The molecule has 0 saturated carbocycles. The lowest BCUT2D eigenvalue weighted by atomic mass is 10.1. The standard InChI is InChI=1S/C11H14BrNO/c1-13(8-12)7-9-2-3-11-10(6-9)4-5-14-11/h2-3,6H,4-5,7-8H2,1H3. The van der Waals surface area contributed by atoms with E-state index in [1.807, 2.05) is 0 Å². The second-order valence-electron chi connectivity index (χ2n) is 3.67. The number of rotatable bonds is 3. The van der Waals surface area contributed by atoms with Gasteiger partial charge < -0.3 is 4.74 Å². The summed E-state index contributed by atoms with van der Waals surface area (Å²) >= 11 is 3.44. The Morgan fingerprint density at radius 3 is 3.14 bits per heavy atom. The Bertz CT molecular complexity index is 327. The van der Waals surface area contributed by atoms with E-state index in [1.165, 1.54) is 11.1 Å². The molecule has 3 heteroatoms. The third-order valence-corrected chi connectivity index (χ3v) is 3.27. The van der Waals surface area contributed by atoms with Gasteiger partial charge in [-0.05, 0) is 24.2 Å². The monoisotopic (exact) mass is 255 g/mol. The smallest absolute Gasteiger partial charge is 0.122 e. The number of hydrogen-bond donors (Lipinski definition) is 0. The summed E-state index contributed by atoms with van der Waals surface area (Å²) in [6.07, 6.45) is 1.06. The third-order valence-electron chi connectivity index (χ3n) is 2.41. The fourth-order valence-corrected chi connectivity index (χ4v) is 1.87. The molecule has 0 aliphatic carbocycles. The molecule has 1 aliphatic heterocycles. The molecule has 1 aromatic rings. The maximum absolute atomic E-state index is 5.46. The van der Waals surface area contributed by atoms with E-state index in [4.69, 9.17) is 4.74 Å². The molecular formula is C11H14BrNO. The summed E-state index contributed by atoms with van der Waals surface area (Å²) in [5, 5.41) is 0. The van der Waals surface area contributed by atoms with Crippen molar-refractivity contribution in [2.24, 2.45) is 0 Å². The average Bonchev–Trinajstić information content (AvgIpc) is 2.64. The number of hydrogen-bond acceptors (Lipinski definition) is 2. The second kappa shape index (κ2) is 4.32. The average molecular weight is 256 g/mol. The normalized spacial score (nSPS) is 14.2. The predicted molar refractivity (Wildman–Crippen MR) is 60.9 cm³/mol. The van der Waals surface area contributed by atoms with Crippen LogP contribution in [0.5, 0.6) is 5.75 Å². The molecule has 0 amide bonds. The molecule has 0 spiro atoms. The number of benzene rings is 1. The first-order chi connectivity index (χ1) is 6.79. The van der Waals surface area contributed by atoms with Gasteiger partial charge in [-0.2, -0.15) is 0 Å². The van der Waals surface area contributed by atoms with Gasteiger partial charge in [0.05, 0.1) is 12.1 Å². The van der Waals surface area contributed by atoms with E-state index >= 15 is 0 Å². The first kappa shape index (κ1) is 9.99. The van der Waals surface area contributed by atoms with Crippen LogP contribution in [-0.2, 0) is 13.0 Å². The lowest BCUT2D eigenvalue weighted by Crippen LogP contribution is -2.14. The Morgan fingerprint density at radius 1 is 1.50 bits per heavy atom. The minimum Gasteiger partial charge on any atom is -0.493 e. The van der Waals surface area contributed by atoms with E-state index in [9.17, 15) is 0 Å². The van der Waals surface area contributed by atoms with Gasteiger partial charge >= 0.3 is 0 Å². The van der Waals surface area contributed by atoms with Crippen LogP contribution in [0.1, 0.15) is 11.1 Å². The molecule has 0 aromatic heterocycles. The Labute approximate surface area is 93.0 Å². The molecule has 1 aliphatic rings. The van der Waals surface area contributed by atoms with Crippen LogP contribution in [0.25, 0.3) is 0 Å². The Morgan fingerprint density at radius 2 is 2.36 bits per heavy atom. The van der Waals surface area contributed by atoms with Crippen molar-refractivity contribution < 1.29 is 4.74 Å². The van der Waals surface area contributed by atoms with Gasteiger partial charge in [-0.1, -0.05) is 28.1 Å². The van der Waals surface area contributed by atoms with E-state index in [0.717, 1.165) is 30.8 Å². The van der Waals surface area contributed by atoms with E-state index < -0.39 is 0 Å². The van der Waals surface area contributed by atoms with E-state index in [2.05, 4.69) is 46.1 Å². The van der Waals surface area contributed by atoms with Crippen molar-refractivity contribution in [2.45, 2.75) is 13.0 Å². The number of halogens is 1. The minimum atomic E-state index is 0.840. The van der Waals surface area contributed by atoms with Gasteiger partial charge in [0, 0.05) is 13.0 Å². The predicted octanol–water partition coefficient (Wildman–Crippen LogP) is 2.41. The molecule has 76 valence electrons. The van der Waals surface area contributed by atoms with Crippen molar-refractivity contribution in [3.05, 3.63) is 29.3 Å². The zero-order chi connectivity index (χ0) is 9.97. The van der Waals surface area contributed by atoms with Crippen molar-refractivity contribution in [3.63, 3.8) is 0 Å². The maximum Gasteiger partial charge on any atom is 0.122 e. The largest absolute Gasteiger partial charge is 0.493 e. The maximum atomic E-state index is 5.46. The Balaban J connectivity index is 2.12. The van der Waals surface area contributed by atoms with Crippen LogP contribution in [0, 0.1) is 0 Å². The number of alkyl halides is 1. The molecule has 0 radical (unpaired) electrons. The molecular weight excluding hydrogens is 242 g/mol. The number of nitrogens with zero attached hydrogens (tertiary/aromatic N) is 1. The SMILES string of the molecule is CN(CBr)Cc1ccc2c(c1)CCO2. The van der Waals surface area contributed by atoms with Crippen molar-refractivity contribution >= 4 is 15.9 Å². The molecule has 1 heterocycles. The summed E-state index contributed by atoms with van der Waals surface area (Å²) in [7, 11) is 2.10. The van der Waals surface area contributed by atoms with Crippen LogP contribution >= 0.6 is 15.9 Å². The van der Waals surface area contributed by atoms with Crippen LogP contribution in [-0.4, -0.2) is 24.0 Å². The zero-order valence-electron chi connectivity index (χ0n) is 8.29. The molecule has 2 nitrogen and oxygen atoms in total. The molecule has 0 saturated heterocycles. The molecule has 0 fully saturated rings. The van der Waals surface area contributed by atoms with Crippen molar-refractivity contribution in [2.75, 3.05) is 19.1 Å². The van der Waals surface area contributed by atoms with Crippen LogP contribution in [0.3, 0.4) is 0 Å². The first-order valence-corrected chi connectivity index (χ1v) is 5.91. The molecule has 0 bridgehead atoms. The molecule has 2 rings (SSSR count). The summed E-state index contributed by atoms with van der Waals surface area (Å²) in [5.41, 5.74) is 3.61. The first-order valence-electron chi connectivity index (χ1n) is 4.78. The third kappa shape index (κ3) is 2.10. The fraction of sp³-hybridized carbons (Fsp3) is 0.455. The highest BCUT2D eigenvalue weighted by Crippen LogP contribution is 2.26. The van der Waals surface area contributed by atoms with Crippen LogP contribution in [0.2, 0.25) is 0 Å². The summed E-state index contributed by atoms with van der Waals surface area (Å²) in [6, 6.07) is 6.48. The van der Waals surface area contributed by atoms with Crippen molar-refractivity contribution in [3.8, 4) is 5.75 Å². The van der Waals surface area contributed by atoms with Crippen molar-refractivity contribution in [1.82, 2.24) is 4.90 Å². The Kier molecular flexibility index (Phi) is 3.08. The quantitative estimate of drug-likeness (QED) is 0.608. The van der Waals surface area contributed by atoms with Crippen molar-refractivity contribution in [1.29, 1.82) is 0 Å². The van der Waals surface area contributed by atoms with Gasteiger partial charge in [0.1, 0.15) is 5.75 Å². The van der Waals surface area contributed by atoms with Gasteiger partial charge in [0.25, 0.3) is 0 Å². The highest BCUT2D eigenvalue weighted by atomic mass is 79.9. The molecule has 0 unspecified atom stereocenters. The minimum absolute atomic E-state index is 0.840. The Hall–Kier alpha value is -0.540. The molecule has 14 heavy (non-hydrogen) atoms. The lowest BCUT2D eigenvalue weighted by molar-refractivity contribution is 0.356. The van der Waals surface area contributed by atoms with Crippen LogP contribution in [0.15, 0.2) is 18.2 Å². The van der Waals surface area contributed by atoms with Gasteiger partial charge in [-0.3, -0.25) is 4.90 Å². The van der Waals surface area contributed by atoms with Gasteiger partial charge in [0.15, 0.2) is 0 Å². The van der Waals surface area contributed by atoms with Crippen LogP contribution in [0.4, 0.5) is 0 Å². The van der Waals surface area contributed by atoms with Gasteiger partial charge in [-0.15, -0.1) is 0 Å². The highest BCUT2D eigenvalue weighted by Gasteiger charge is 2.12. The molecule has 1 aromatic carbocycles. The summed E-state index contributed by atoms with van der Waals surface area (Å²) in [6.45, 7) is 1.83. The topological polar surface area (TPSA) is 12.5 Å².